The summed E-state index contributed by atoms with van der Waals surface area (Å²) in [6.07, 6.45) is 0.959. The van der Waals surface area contributed by atoms with E-state index in [2.05, 4.69) is 10.3 Å². The van der Waals surface area contributed by atoms with Crippen LogP contribution in [0.5, 0.6) is 17.2 Å². The molecule has 0 radical (unpaired) electrons. The number of nitrogens with one attached hydrogen (secondary N) is 1. The Morgan fingerprint density at radius 3 is 2.50 bits per heavy atom. The Morgan fingerprint density at radius 1 is 0.971 bits per heavy atom. The van der Waals surface area contributed by atoms with Crippen LogP contribution in [0.1, 0.15) is 29.2 Å². The highest BCUT2D eigenvalue weighted by atomic mass is 32.2. The summed E-state index contributed by atoms with van der Waals surface area (Å²) in [5, 5.41) is 3.62. The molecule has 1 unspecified atom stereocenters. The molecule has 34 heavy (non-hydrogen) atoms. The fourth-order valence-electron chi connectivity index (χ4n) is 3.60. The number of nitrogens with zero attached hydrogens (tertiary/aromatic N) is 1. The molecule has 6 nitrogen and oxygen atoms in total. The van der Waals surface area contributed by atoms with E-state index in [1.165, 1.54) is 0 Å². The van der Waals surface area contributed by atoms with Crippen molar-refractivity contribution >= 4 is 22.8 Å². The lowest BCUT2D eigenvalue weighted by atomic mass is 10.1. The van der Waals surface area contributed by atoms with Gasteiger partial charge in [-0.3, -0.25) is 9.79 Å². The number of aryl methyl sites for hydroxylation is 1. The number of benzene rings is 3. The van der Waals surface area contributed by atoms with Gasteiger partial charge in [0.2, 0.25) is 5.91 Å². The second kappa shape index (κ2) is 11.6. The smallest absolute Gasteiger partial charge is 0.226 e. The maximum atomic E-state index is 12.5. The first-order chi connectivity index (χ1) is 16.6. The van der Waals surface area contributed by atoms with Crippen molar-refractivity contribution in [2.45, 2.75) is 25.5 Å². The molecule has 3 aromatic carbocycles. The van der Waals surface area contributed by atoms with E-state index in [-0.39, 0.29) is 11.9 Å². The SMILES string of the molecule is COc1ccc(C2CSC(NC(=O)CCc3ccc(OCc4ccccc4)c(OC)c3)=N2)cc1. The molecule has 1 heterocycles. The van der Waals surface area contributed by atoms with E-state index in [4.69, 9.17) is 14.2 Å². The van der Waals surface area contributed by atoms with Crippen LogP contribution in [-0.4, -0.2) is 31.0 Å². The summed E-state index contributed by atoms with van der Waals surface area (Å²) < 4.78 is 16.6. The van der Waals surface area contributed by atoms with Gasteiger partial charge >= 0.3 is 0 Å². The van der Waals surface area contributed by atoms with Gasteiger partial charge < -0.3 is 19.5 Å². The molecular formula is C27H28N2O4S. The van der Waals surface area contributed by atoms with Crippen LogP contribution in [0.25, 0.3) is 0 Å². The van der Waals surface area contributed by atoms with Gasteiger partial charge in [-0.2, -0.15) is 0 Å². The monoisotopic (exact) mass is 476 g/mol. The largest absolute Gasteiger partial charge is 0.497 e. The van der Waals surface area contributed by atoms with Crippen LogP contribution < -0.4 is 19.5 Å². The van der Waals surface area contributed by atoms with Crippen LogP contribution in [0, 0.1) is 0 Å². The highest BCUT2D eigenvalue weighted by molar-refractivity contribution is 8.14. The van der Waals surface area contributed by atoms with E-state index in [0.717, 1.165) is 28.2 Å². The summed E-state index contributed by atoms with van der Waals surface area (Å²) in [6, 6.07) is 23.7. The van der Waals surface area contributed by atoms with Crippen LogP contribution in [-0.2, 0) is 17.8 Å². The zero-order valence-corrected chi connectivity index (χ0v) is 20.1. The Labute approximate surface area is 204 Å². The highest BCUT2D eigenvalue weighted by Crippen LogP contribution is 2.31. The number of ether oxygens (including phenoxy) is 3. The van der Waals surface area contributed by atoms with Gasteiger partial charge in [-0.25, -0.2) is 0 Å². The Morgan fingerprint density at radius 2 is 1.76 bits per heavy atom. The maximum Gasteiger partial charge on any atom is 0.226 e. The van der Waals surface area contributed by atoms with Crippen molar-refractivity contribution in [3.05, 3.63) is 89.5 Å². The normalized spacial score (nSPS) is 14.9. The van der Waals surface area contributed by atoms with E-state index >= 15 is 0 Å². The van der Waals surface area contributed by atoms with Gasteiger partial charge in [-0.1, -0.05) is 60.3 Å². The predicted molar refractivity (Wildman–Crippen MR) is 136 cm³/mol. The zero-order chi connectivity index (χ0) is 23.8. The summed E-state index contributed by atoms with van der Waals surface area (Å²) in [4.78, 5) is 17.2. The van der Waals surface area contributed by atoms with Crippen molar-refractivity contribution in [1.82, 2.24) is 5.32 Å². The summed E-state index contributed by atoms with van der Waals surface area (Å²) >= 11 is 1.57. The van der Waals surface area contributed by atoms with Crippen molar-refractivity contribution in [2.75, 3.05) is 20.0 Å². The minimum atomic E-state index is -0.0509. The fourth-order valence-corrected chi connectivity index (χ4v) is 4.57. The quantitative estimate of drug-likeness (QED) is 0.461. The second-order valence-corrected chi connectivity index (χ2v) is 8.85. The summed E-state index contributed by atoms with van der Waals surface area (Å²) in [6.45, 7) is 0.469. The first-order valence-electron chi connectivity index (χ1n) is 11.1. The van der Waals surface area contributed by atoms with Gasteiger partial charge in [-0.05, 0) is 47.4 Å². The standard InChI is InChI=1S/C27H28N2O4S/c1-31-22-12-10-21(11-13-22)23-18-34-27(28-23)29-26(30)15-9-19-8-14-24(25(16-19)32-2)33-17-20-6-4-3-5-7-20/h3-8,10-14,16,23H,9,15,17-18H2,1-2H3,(H,28,29,30). The van der Waals surface area contributed by atoms with Crippen molar-refractivity contribution < 1.29 is 19.0 Å². The number of rotatable bonds is 9. The molecule has 0 saturated heterocycles. The molecule has 4 rings (SSSR count). The molecule has 0 bridgehead atoms. The fraction of sp³-hybridized carbons (Fsp3) is 0.259. The Kier molecular flexibility index (Phi) is 8.09. The van der Waals surface area contributed by atoms with E-state index in [1.54, 1.807) is 26.0 Å². The van der Waals surface area contributed by atoms with Gasteiger partial charge in [0.25, 0.3) is 0 Å². The van der Waals surface area contributed by atoms with Gasteiger partial charge in [0.05, 0.1) is 20.3 Å². The molecule has 0 aromatic heterocycles. The molecular weight excluding hydrogens is 448 g/mol. The Bertz CT molecular complexity index is 1130. The molecule has 0 spiro atoms. The Hall–Kier alpha value is -3.45. The summed E-state index contributed by atoms with van der Waals surface area (Å²) in [5.74, 6) is 2.92. The molecule has 0 aliphatic carbocycles. The number of thioether (sulfide) groups is 1. The number of methoxy groups -OCH3 is 2. The second-order valence-electron chi connectivity index (χ2n) is 7.84. The first-order valence-corrected chi connectivity index (χ1v) is 12.1. The highest BCUT2D eigenvalue weighted by Gasteiger charge is 2.21. The zero-order valence-electron chi connectivity index (χ0n) is 19.3. The third kappa shape index (κ3) is 6.32. The van der Waals surface area contributed by atoms with Gasteiger partial charge in [0.15, 0.2) is 16.7 Å². The third-order valence-electron chi connectivity index (χ3n) is 5.50. The lowest BCUT2D eigenvalue weighted by Crippen LogP contribution is -2.27. The molecule has 1 aliphatic rings. The van der Waals surface area contributed by atoms with Crippen molar-refractivity contribution in [3.8, 4) is 17.2 Å². The molecule has 0 fully saturated rings. The van der Waals surface area contributed by atoms with Crippen LogP contribution in [0.3, 0.4) is 0 Å². The van der Waals surface area contributed by atoms with Gasteiger partial charge in [0.1, 0.15) is 12.4 Å². The van der Waals surface area contributed by atoms with Crippen LogP contribution >= 0.6 is 11.8 Å². The molecule has 1 atom stereocenters. The van der Waals surface area contributed by atoms with Gasteiger partial charge in [0, 0.05) is 12.2 Å². The average Bonchev–Trinajstić information content (AvgIpc) is 3.35. The van der Waals surface area contributed by atoms with E-state index in [0.29, 0.717) is 36.1 Å². The average molecular weight is 477 g/mol. The molecule has 3 aromatic rings. The van der Waals surface area contributed by atoms with Crippen molar-refractivity contribution in [2.24, 2.45) is 4.99 Å². The molecule has 1 aliphatic heterocycles. The number of carbonyl (C=O) groups is 1. The summed E-state index contributed by atoms with van der Waals surface area (Å²) in [5.41, 5.74) is 3.21. The summed E-state index contributed by atoms with van der Waals surface area (Å²) in [7, 11) is 3.27. The number of hydrogen-bond acceptors (Lipinski definition) is 6. The molecule has 7 heteroatoms. The van der Waals surface area contributed by atoms with Crippen molar-refractivity contribution in [3.63, 3.8) is 0 Å². The molecule has 1 N–H and O–H groups in total. The number of carbonyl (C=O) groups excluding carboxylic acids is 1. The van der Waals surface area contributed by atoms with Crippen LogP contribution in [0.2, 0.25) is 0 Å². The molecule has 1 amide bonds. The van der Waals surface area contributed by atoms with Crippen LogP contribution in [0.4, 0.5) is 0 Å². The minimum absolute atomic E-state index is 0.0406. The first kappa shape index (κ1) is 23.7. The number of hydrogen-bond donors (Lipinski definition) is 1. The van der Waals surface area contributed by atoms with Crippen molar-refractivity contribution in [1.29, 1.82) is 0 Å². The maximum absolute atomic E-state index is 12.5. The lowest BCUT2D eigenvalue weighted by Gasteiger charge is -2.12. The number of amides is 1. The lowest BCUT2D eigenvalue weighted by molar-refractivity contribution is -0.119. The predicted octanol–water partition coefficient (Wildman–Crippen LogP) is 5.18. The third-order valence-corrected chi connectivity index (χ3v) is 6.47. The topological polar surface area (TPSA) is 69.2 Å². The Balaban J connectivity index is 1.28. The minimum Gasteiger partial charge on any atom is -0.497 e. The molecule has 176 valence electrons. The number of aliphatic imine (C=N–C) groups is 1. The van der Waals surface area contributed by atoms with Crippen LogP contribution in [0.15, 0.2) is 77.8 Å². The molecule has 0 saturated carbocycles. The van der Waals surface area contributed by atoms with Gasteiger partial charge in [-0.15, -0.1) is 0 Å². The van der Waals surface area contributed by atoms with E-state index in [9.17, 15) is 4.79 Å². The number of amidine groups is 1. The van der Waals surface area contributed by atoms with E-state index in [1.807, 2.05) is 72.8 Å². The van der Waals surface area contributed by atoms with E-state index < -0.39 is 0 Å².